The number of amides is 2. The molecular weight excluding hydrogens is 296 g/mol. The van der Waals surface area contributed by atoms with Crippen LogP contribution in [0.2, 0.25) is 0 Å². The Hall–Kier alpha value is -2.37. The molecule has 0 bridgehead atoms. The number of nitrogens with zero attached hydrogens (tertiary/aromatic N) is 2. The van der Waals surface area contributed by atoms with Crippen molar-refractivity contribution >= 4 is 17.8 Å². The number of benzene rings is 1. The molecule has 0 saturated carbocycles. The van der Waals surface area contributed by atoms with E-state index in [4.69, 9.17) is 5.11 Å². The Balaban J connectivity index is 2.06. The smallest absolute Gasteiger partial charge is 0.305 e. The van der Waals surface area contributed by atoms with E-state index in [1.165, 1.54) is 4.90 Å². The van der Waals surface area contributed by atoms with Crippen LogP contribution in [0.4, 0.5) is 0 Å². The summed E-state index contributed by atoms with van der Waals surface area (Å²) in [5.74, 6) is -0.945. The van der Waals surface area contributed by atoms with E-state index in [0.717, 1.165) is 18.5 Å². The minimum Gasteiger partial charge on any atom is -0.481 e. The van der Waals surface area contributed by atoms with Crippen LogP contribution < -0.4 is 0 Å². The Kier molecular flexibility index (Phi) is 5.73. The van der Waals surface area contributed by atoms with E-state index < -0.39 is 5.97 Å². The van der Waals surface area contributed by atoms with E-state index in [9.17, 15) is 14.4 Å². The first kappa shape index (κ1) is 17.0. The molecule has 1 aromatic carbocycles. The van der Waals surface area contributed by atoms with Gasteiger partial charge >= 0.3 is 5.97 Å². The molecule has 2 amide bonds. The molecule has 1 aromatic rings. The third-order valence-electron chi connectivity index (χ3n) is 3.98. The van der Waals surface area contributed by atoms with Crippen LogP contribution in [0.5, 0.6) is 0 Å². The lowest BCUT2D eigenvalue weighted by molar-refractivity contribution is -0.137. The van der Waals surface area contributed by atoms with Crippen molar-refractivity contribution in [1.82, 2.24) is 9.80 Å². The standard InChI is InChI=1S/C17H22N2O4/c1-2-18(10-8-16(21)22)17(23)14-6-3-5-13(11-14)12-19-9-4-7-15(19)20/h3,5-6,11H,2,4,7-10,12H2,1H3,(H,21,22). The normalized spacial score (nSPS) is 14.1. The number of hydrogen-bond acceptors (Lipinski definition) is 3. The molecular formula is C17H22N2O4. The van der Waals surface area contributed by atoms with Gasteiger partial charge in [-0.25, -0.2) is 0 Å². The fourth-order valence-corrected chi connectivity index (χ4v) is 2.71. The summed E-state index contributed by atoms with van der Waals surface area (Å²) in [4.78, 5) is 38.2. The molecule has 23 heavy (non-hydrogen) atoms. The lowest BCUT2D eigenvalue weighted by atomic mass is 10.1. The quantitative estimate of drug-likeness (QED) is 0.831. The van der Waals surface area contributed by atoms with E-state index in [0.29, 0.717) is 25.1 Å². The first-order valence-corrected chi connectivity index (χ1v) is 7.89. The summed E-state index contributed by atoms with van der Waals surface area (Å²) in [6, 6.07) is 7.21. The molecule has 0 unspecified atom stereocenters. The molecule has 1 aliphatic heterocycles. The molecule has 1 saturated heterocycles. The molecule has 0 atom stereocenters. The zero-order valence-corrected chi connectivity index (χ0v) is 13.3. The average molecular weight is 318 g/mol. The summed E-state index contributed by atoms with van der Waals surface area (Å²) < 4.78 is 0. The Morgan fingerprint density at radius 3 is 2.74 bits per heavy atom. The summed E-state index contributed by atoms with van der Waals surface area (Å²) in [5, 5.41) is 8.76. The molecule has 0 radical (unpaired) electrons. The van der Waals surface area contributed by atoms with Gasteiger partial charge in [-0.15, -0.1) is 0 Å². The Morgan fingerprint density at radius 1 is 1.35 bits per heavy atom. The number of rotatable bonds is 7. The zero-order chi connectivity index (χ0) is 16.8. The summed E-state index contributed by atoms with van der Waals surface area (Å²) in [6.07, 6.45) is 1.41. The first-order chi connectivity index (χ1) is 11.0. The van der Waals surface area contributed by atoms with Crippen LogP contribution in [0.3, 0.4) is 0 Å². The monoisotopic (exact) mass is 318 g/mol. The fourth-order valence-electron chi connectivity index (χ4n) is 2.71. The Labute approximate surface area is 135 Å². The molecule has 0 spiro atoms. The number of carbonyl (C=O) groups is 3. The van der Waals surface area contributed by atoms with Gasteiger partial charge < -0.3 is 14.9 Å². The third-order valence-corrected chi connectivity index (χ3v) is 3.98. The summed E-state index contributed by atoms with van der Waals surface area (Å²) in [5.41, 5.74) is 1.45. The van der Waals surface area contributed by atoms with Crippen molar-refractivity contribution < 1.29 is 19.5 Å². The van der Waals surface area contributed by atoms with Crippen LogP contribution >= 0.6 is 0 Å². The molecule has 1 aliphatic rings. The SMILES string of the molecule is CCN(CCC(=O)O)C(=O)c1cccc(CN2CCCC2=O)c1. The van der Waals surface area contributed by atoms with E-state index in [1.54, 1.807) is 23.1 Å². The van der Waals surface area contributed by atoms with Crippen LogP contribution in [0.25, 0.3) is 0 Å². The second kappa shape index (κ2) is 7.76. The number of hydrogen-bond donors (Lipinski definition) is 1. The van der Waals surface area contributed by atoms with Gasteiger partial charge in [0.1, 0.15) is 0 Å². The van der Waals surface area contributed by atoms with Gasteiger partial charge in [-0.3, -0.25) is 14.4 Å². The van der Waals surface area contributed by atoms with Crippen LogP contribution in [0.15, 0.2) is 24.3 Å². The number of carbonyl (C=O) groups excluding carboxylic acids is 2. The fraction of sp³-hybridized carbons (Fsp3) is 0.471. The summed E-state index contributed by atoms with van der Waals surface area (Å²) >= 11 is 0. The minimum atomic E-state index is -0.919. The number of carboxylic acid groups (broad SMARTS) is 1. The molecule has 6 heteroatoms. The van der Waals surface area contributed by atoms with Crippen LogP contribution in [0, 0.1) is 0 Å². The van der Waals surface area contributed by atoms with Crippen LogP contribution in [-0.2, 0) is 16.1 Å². The average Bonchev–Trinajstić information content (AvgIpc) is 2.93. The molecule has 0 aromatic heterocycles. The van der Waals surface area contributed by atoms with Gasteiger partial charge in [-0.1, -0.05) is 12.1 Å². The van der Waals surface area contributed by atoms with E-state index in [2.05, 4.69) is 0 Å². The highest BCUT2D eigenvalue weighted by molar-refractivity contribution is 5.94. The highest BCUT2D eigenvalue weighted by Crippen LogP contribution is 2.16. The third kappa shape index (κ3) is 4.55. The van der Waals surface area contributed by atoms with Gasteiger partial charge in [0.05, 0.1) is 6.42 Å². The maximum atomic E-state index is 12.5. The van der Waals surface area contributed by atoms with Crippen molar-refractivity contribution in [2.24, 2.45) is 0 Å². The van der Waals surface area contributed by atoms with Crippen molar-refractivity contribution in [3.63, 3.8) is 0 Å². The molecule has 1 heterocycles. The van der Waals surface area contributed by atoms with E-state index in [1.807, 2.05) is 13.0 Å². The van der Waals surface area contributed by atoms with Crippen molar-refractivity contribution in [1.29, 1.82) is 0 Å². The van der Waals surface area contributed by atoms with E-state index >= 15 is 0 Å². The number of aliphatic carboxylic acids is 1. The summed E-state index contributed by atoms with van der Waals surface area (Å²) in [7, 11) is 0. The predicted octanol–water partition coefficient (Wildman–Crippen LogP) is 1.75. The van der Waals surface area contributed by atoms with Gasteiger partial charge in [-0.2, -0.15) is 0 Å². The molecule has 0 aliphatic carbocycles. The topological polar surface area (TPSA) is 77.9 Å². The largest absolute Gasteiger partial charge is 0.481 e. The molecule has 2 rings (SSSR count). The molecule has 6 nitrogen and oxygen atoms in total. The zero-order valence-electron chi connectivity index (χ0n) is 13.3. The highest BCUT2D eigenvalue weighted by atomic mass is 16.4. The number of carboxylic acids is 1. The predicted molar refractivity (Wildman–Crippen MR) is 84.9 cm³/mol. The van der Waals surface area contributed by atoms with Crippen LogP contribution in [0.1, 0.15) is 42.1 Å². The molecule has 1 N–H and O–H groups in total. The van der Waals surface area contributed by atoms with Crippen molar-refractivity contribution in [2.45, 2.75) is 32.7 Å². The minimum absolute atomic E-state index is 0.0679. The van der Waals surface area contributed by atoms with Gasteiger partial charge in [0.25, 0.3) is 5.91 Å². The van der Waals surface area contributed by atoms with Crippen molar-refractivity contribution in [3.8, 4) is 0 Å². The van der Waals surface area contributed by atoms with Gasteiger partial charge in [0.2, 0.25) is 5.91 Å². The maximum Gasteiger partial charge on any atom is 0.305 e. The Morgan fingerprint density at radius 2 is 2.13 bits per heavy atom. The molecule has 1 fully saturated rings. The summed E-state index contributed by atoms with van der Waals surface area (Å²) in [6.45, 7) is 3.75. The van der Waals surface area contributed by atoms with Gasteiger partial charge in [-0.05, 0) is 31.0 Å². The highest BCUT2D eigenvalue weighted by Gasteiger charge is 2.21. The maximum absolute atomic E-state index is 12.5. The van der Waals surface area contributed by atoms with Gasteiger partial charge in [0.15, 0.2) is 0 Å². The second-order valence-electron chi connectivity index (χ2n) is 5.65. The number of likely N-dealkylation sites (tertiary alicyclic amines) is 1. The second-order valence-corrected chi connectivity index (χ2v) is 5.65. The van der Waals surface area contributed by atoms with Crippen molar-refractivity contribution in [2.75, 3.05) is 19.6 Å². The molecule has 124 valence electrons. The van der Waals surface area contributed by atoms with Gasteiger partial charge in [0, 0.05) is 38.2 Å². The van der Waals surface area contributed by atoms with E-state index in [-0.39, 0.29) is 24.8 Å². The Bertz CT molecular complexity index is 600. The lowest BCUT2D eigenvalue weighted by Crippen LogP contribution is -2.33. The first-order valence-electron chi connectivity index (χ1n) is 7.89. The van der Waals surface area contributed by atoms with Crippen LogP contribution in [-0.4, -0.2) is 52.3 Å². The lowest BCUT2D eigenvalue weighted by Gasteiger charge is -2.21. The van der Waals surface area contributed by atoms with Crippen molar-refractivity contribution in [3.05, 3.63) is 35.4 Å².